The first-order valence-electron chi connectivity index (χ1n) is 14.0. The standard InChI is InChI=1S/C39H32/c1-4-11-32(37-24-31(22-25(37)2)26(3)27-18-19-27)39-35-16-9-7-14-33(35)38(34-15-8-10-17-36(34)39)30-21-20-28-12-5-6-13-29(28)23-30/h4-17,20-23,27H,1,3,18-19,24H2,2H3/b32-11+. The highest BCUT2D eigenvalue weighted by atomic mass is 14.3. The molecule has 0 saturated heterocycles. The number of hydrogen-bond acceptors (Lipinski definition) is 0. The fourth-order valence-electron chi connectivity index (χ4n) is 6.46. The maximum atomic E-state index is 4.48. The zero-order chi connectivity index (χ0) is 26.5. The fourth-order valence-corrected chi connectivity index (χ4v) is 6.46. The van der Waals surface area contributed by atoms with Gasteiger partial charge in [-0.15, -0.1) is 0 Å². The molecule has 2 aliphatic rings. The van der Waals surface area contributed by atoms with Crippen molar-refractivity contribution in [1.29, 1.82) is 0 Å². The maximum absolute atomic E-state index is 4.48. The second-order valence-corrected chi connectivity index (χ2v) is 11.0. The third-order valence-corrected chi connectivity index (χ3v) is 8.57. The molecule has 7 rings (SSSR count). The van der Waals surface area contributed by atoms with Crippen LogP contribution < -0.4 is 0 Å². The molecule has 188 valence electrons. The Kier molecular flexibility index (Phi) is 5.71. The molecule has 0 amide bonds. The molecule has 1 fully saturated rings. The number of allylic oxidation sites excluding steroid dienone is 8. The van der Waals surface area contributed by atoms with E-state index in [4.69, 9.17) is 0 Å². The molecule has 0 N–H and O–H groups in total. The highest BCUT2D eigenvalue weighted by Gasteiger charge is 2.30. The van der Waals surface area contributed by atoms with E-state index in [1.54, 1.807) is 0 Å². The summed E-state index contributed by atoms with van der Waals surface area (Å²) in [6.07, 6.45) is 10.1. The van der Waals surface area contributed by atoms with Gasteiger partial charge in [-0.25, -0.2) is 0 Å². The van der Waals surface area contributed by atoms with Crippen molar-refractivity contribution in [3.63, 3.8) is 0 Å². The Morgan fingerprint density at radius 3 is 2.03 bits per heavy atom. The molecular weight excluding hydrogens is 468 g/mol. The van der Waals surface area contributed by atoms with Gasteiger partial charge in [-0.3, -0.25) is 0 Å². The summed E-state index contributed by atoms with van der Waals surface area (Å²) in [5.74, 6) is 0.679. The molecule has 2 aliphatic carbocycles. The quantitative estimate of drug-likeness (QED) is 0.161. The van der Waals surface area contributed by atoms with Crippen LogP contribution in [0.2, 0.25) is 0 Å². The molecule has 5 aromatic carbocycles. The van der Waals surface area contributed by atoms with Gasteiger partial charge in [0.2, 0.25) is 0 Å². The Labute approximate surface area is 231 Å². The first-order chi connectivity index (χ1) is 19.1. The van der Waals surface area contributed by atoms with Crippen LogP contribution >= 0.6 is 0 Å². The molecule has 0 bridgehead atoms. The third-order valence-electron chi connectivity index (χ3n) is 8.57. The van der Waals surface area contributed by atoms with Crippen molar-refractivity contribution in [2.75, 3.05) is 0 Å². The Bertz CT molecular complexity index is 1860. The van der Waals surface area contributed by atoms with Gasteiger partial charge in [-0.2, -0.15) is 0 Å². The second-order valence-electron chi connectivity index (χ2n) is 11.0. The minimum Gasteiger partial charge on any atom is -0.0990 e. The number of fused-ring (bicyclic) bond motifs is 3. The summed E-state index contributed by atoms with van der Waals surface area (Å²) in [6.45, 7) is 10.9. The topological polar surface area (TPSA) is 0 Å². The van der Waals surface area contributed by atoms with Gasteiger partial charge in [-0.05, 0) is 115 Å². The summed E-state index contributed by atoms with van der Waals surface area (Å²) in [4.78, 5) is 0. The van der Waals surface area contributed by atoms with E-state index in [2.05, 4.69) is 123 Å². The minimum atomic E-state index is 0.679. The van der Waals surface area contributed by atoms with Crippen LogP contribution in [-0.2, 0) is 0 Å². The van der Waals surface area contributed by atoms with Crippen LogP contribution in [0, 0.1) is 5.92 Å². The molecule has 0 nitrogen and oxygen atoms in total. The van der Waals surface area contributed by atoms with Crippen molar-refractivity contribution in [3.8, 4) is 11.1 Å². The van der Waals surface area contributed by atoms with Gasteiger partial charge in [0.25, 0.3) is 0 Å². The van der Waals surface area contributed by atoms with Crippen molar-refractivity contribution in [2.24, 2.45) is 5.92 Å². The van der Waals surface area contributed by atoms with Crippen LogP contribution in [0.3, 0.4) is 0 Å². The van der Waals surface area contributed by atoms with E-state index in [1.807, 2.05) is 6.08 Å². The predicted molar refractivity (Wildman–Crippen MR) is 170 cm³/mol. The average Bonchev–Trinajstić information content (AvgIpc) is 3.75. The number of rotatable bonds is 6. The molecule has 0 aromatic heterocycles. The van der Waals surface area contributed by atoms with Gasteiger partial charge in [0.15, 0.2) is 0 Å². The normalized spacial score (nSPS) is 15.8. The van der Waals surface area contributed by atoms with Gasteiger partial charge in [-0.1, -0.05) is 116 Å². The van der Waals surface area contributed by atoms with Crippen LogP contribution in [0.4, 0.5) is 0 Å². The summed E-state index contributed by atoms with van der Waals surface area (Å²) < 4.78 is 0. The van der Waals surface area contributed by atoms with Crippen LogP contribution in [0.15, 0.2) is 145 Å². The van der Waals surface area contributed by atoms with E-state index in [0.29, 0.717) is 5.92 Å². The third kappa shape index (κ3) is 3.99. The lowest BCUT2D eigenvalue weighted by Crippen LogP contribution is -1.98. The molecular formula is C39H32. The van der Waals surface area contributed by atoms with Crippen molar-refractivity contribution < 1.29 is 0 Å². The van der Waals surface area contributed by atoms with Gasteiger partial charge in [0, 0.05) is 0 Å². The molecule has 0 atom stereocenters. The van der Waals surface area contributed by atoms with Crippen LogP contribution in [0.25, 0.3) is 49.0 Å². The summed E-state index contributed by atoms with van der Waals surface area (Å²) in [5.41, 5.74) is 10.6. The molecule has 0 aliphatic heterocycles. The monoisotopic (exact) mass is 500 g/mol. The van der Waals surface area contributed by atoms with E-state index in [-0.39, 0.29) is 0 Å². The predicted octanol–water partition coefficient (Wildman–Crippen LogP) is 11.0. The molecule has 0 spiro atoms. The molecule has 0 unspecified atom stereocenters. The van der Waals surface area contributed by atoms with E-state index in [0.717, 1.165) is 6.42 Å². The van der Waals surface area contributed by atoms with Gasteiger partial charge >= 0.3 is 0 Å². The van der Waals surface area contributed by atoms with Gasteiger partial charge < -0.3 is 0 Å². The summed E-state index contributed by atoms with van der Waals surface area (Å²) in [5, 5.41) is 7.65. The Morgan fingerprint density at radius 1 is 0.769 bits per heavy atom. The Balaban J connectivity index is 1.48. The highest BCUT2D eigenvalue weighted by molar-refractivity contribution is 6.20. The van der Waals surface area contributed by atoms with Gasteiger partial charge in [0.1, 0.15) is 0 Å². The van der Waals surface area contributed by atoms with Crippen molar-refractivity contribution in [2.45, 2.75) is 26.2 Å². The van der Waals surface area contributed by atoms with Crippen molar-refractivity contribution >= 4 is 37.9 Å². The smallest absolute Gasteiger partial charge is 0.00143 e. The molecule has 39 heavy (non-hydrogen) atoms. The molecule has 0 heteroatoms. The Hall–Kier alpha value is -4.42. The van der Waals surface area contributed by atoms with Crippen LogP contribution in [0.1, 0.15) is 31.7 Å². The minimum absolute atomic E-state index is 0.679. The lowest BCUT2D eigenvalue weighted by Gasteiger charge is -2.21. The van der Waals surface area contributed by atoms with Crippen molar-refractivity contribution in [1.82, 2.24) is 0 Å². The first kappa shape index (κ1) is 23.7. The van der Waals surface area contributed by atoms with Crippen LogP contribution in [0.5, 0.6) is 0 Å². The molecule has 0 radical (unpaired) electrons. The summed E-state index contributed by atoms with van der Waals surface area (Å²) >= 11 is 0. The van der Waals surface area contributed by atoms with Crippen molar-refractivity contribution in [3.05, 3.63) is 150 Å². The fraction of sp³-hybridized carbons (Fsp3) is 0.128. The molecule has 0 heterocycles. The lowest BCUT2D eigenvalue weighted by molar-refractivity contribution is 1.000. The largest absolute Gasteiger partial charge is 0.0990 e. The average molecular weight is 501 g/mol. The first-order valence-corrected chi connectivity index (χ1v) is 14.0. The lowest BCUT2D eigenvalue weighted by atomic mass is 9.82. The Morgan fingerprint density at radius 2 is 1.38 bits per heavy atom. The summed E-state index contributed by atoms with van der Waals surface area (Å²) in [6, 6.07) is 33.3. The number of hydrogen-bond donors (Lipinski definition) is 0. The zero-order valence-electron chi connectivity index (χ0n) is 22.5. The molecule has 5 aromatic rings. The van der Waals surface area contributed by atoms with E-state index in [1.165, 1.54) is 89.7 Å². The maximum Gasteiger partial charge on any atom is -0.00143 e. The second kappa shape index (κ2) is 9.40. The van der Waals surface area contributed by atoms with Crippen LogP contribution in [-0.4, -0.2) is 0 Å². The highest BCUT2D eigenvalue weighted by Crippen LogP contribution is 2.49. The van der Waals surface area contributed by atoms with Gasteiger partial charge in [0.05, 0.1) is 0 Å². The van der Waals surface area contributed by atoms with E-state index >= 15 is 0 Å². The molecule has 1 saturated carbocycles. The van der Waals surface area contributed by atoms with E-state index < -0.39 is 0 Å². The zero-order valence-corrected chi connectivity index (χ0v) is 22.5. The SMILES string of the molecule is C=C/C=C(\C1=C(C)C=C(C(=C)C2CC2)C1)c1c2ccccc2c(-c2ccc3ccccc3c2)c2ccccc12. The van der Waals surface area contributed by atoms with E-state index in [9.17, 15) is 0 Å². The summed E-state index contributed by atoms with van der Waals surface area (Å²) in [7, 11) is 0. The number of benzene rings is 5.